The first-order valence-corrected chi connectivity index (χ1v) is 17.4. The molecule has 0 saturated carbocycles. The third kappa shape index (κ3) is 5.63. The summed E-state index contributed by atoms with van der Waals surface area (Å²) >= 11 is 0. The molecule has 0 fully saturated rings. The molecule has 0 amide bonds. The van der Waals surface area contributed by atoms with Crippen LogP contribution < -0.4 is 0 Å². The van der Waals surface area contributed by atoms with E-state index in [9.17, 15) is 2.74 Å². The number of nitrogens with zero attached hydrogens (tertiary/aromatic N) is 3. The van der Waals surface area contributed by atoms with Crippen LogP contribution in [-0.4, -0.2) is 15.0 Å². The van der Waals surface area contributed by atoms with Crippen LogP contribution in [-0.2, 0) is 0 Å². The van der Waals surface area contributed by atoms with Crippen molar-refractivity contribution in [3.05, 3.63) is 188 Å². The standard InChI is InChI=1S/C49H31N3O/c1-3-14-32(15-4-1)40-26-27-41(43-24-11-10-23-42(40)43)35-20-13-21-37(28-35)47-50-48(52-49(51-47)46-31-36-19-8-12-25-45(36)53-46)38-29-34-18-7-9-22-39(34)44(30-38)33-16-5-2-6-17-33/h1-31H/i13D,20D,21D,28D. The minimum Gasteiger partial charge on any atom is -0.453 e. The highest BCUT2D eigenvalue weighted by atomic mass is 16.3. The number of hydrogen-bond donors (Lipinski definition) is 0. The van der Waals surface area contributed by atoms with Crippen molar-refractivity contribution in [1.29, 1.82) is 0 Å². The van der Waals surface area contributed by atoms with Crippen LogP contribution >= 0.6 is 0 Å². The monoisotopic (exact) mass is 681 g/mol. The smallest absolute Gasteiger partial charge is 0.199 e. The van der Waals surface area contributed by atoms with Gasteiger partial charge in [-0.2, -0.15) is 0 Å². The number of fused-ring (bicyclic) bond motifs is 3. The van der Waals surface area contributed by atoms with Crippen molar-refractivity contribution < 1.29 is 9.90 Å². The van der Waals surface area contributed by atoms with Gasteiger partial charge in [0.2, 0.25) is 0 Å². The van der Waals surface area contributed by atoms with Crippen LogP contribution in [0.25, 0.3) is 100 Å². The molecule has 2 aromatic heterocycles. The first kappa shape index (κ1) is 26.6. The fraction of sp³-hybridized carbons (Fsp3) is 0. The SMILES string of the molecule is [2H]c1c([2H])c(-c2nc(-c3cc(-c4ccccc4)c4ccccc4c3)nc(-c3cc4ccccc4o3)n2)c([2H])c(-c2ccc(-c3ccccc3)c3ccccc23)c1[2H]. The fourth-order valence-corrected chi connectivity index (χ4v) is 7.09. The summed E-state index contributed by atoms with van der Waals surface area (Å²) in [6, 6.07) is 52.8. The molecule has 248 valence electrons. The van der Waals surface area contributed by atoms with Crippen molar-refractivity contribution in [1.82, 2.24) is 15.0 Å². The van der Waals surface area contributed by atoms with E-state index < -0.39 is 0 Å². The summed E-state index contributed by atoms with van der Waals surface area (Å²) in [6.45, 7) is 0. The Labute approximate surface area is 312 Å². The van der Waals surface area contributed by atoms with Crippen molar-refractivity contribution in [2.45, 2.75) is 0 Å². The fourth-order valence-electron chi connectivity index (χ4n) is 7.09. The molecule has 0 aliphatic rings. The normalized spacial score (nSPS) is 12.5. The lowest BCUT2D eigenvalue weighted by Gasteiger charge is -2.14. The summed E-state index contributed by atoms with van der Waals surface area (Å²) in [6.07, 6.45) is 0. The highest BCUT2D eigenvalue weighted by Crippen LogP contribution is 2.38. The molecular weight excluding hydrogens is 647 g/mol. The third-order valence-corrected chi connectivity index (χ3v) is 9.61. The predicted molar refractivity (Wildman–Crippen MR) is 217 cm³/mol. The number of rotatable bonds is 6. The Morgan fingerprint density at radius 1 is 0.396 bits per heavy atom. The Balaban J connectivity index is 1.23. The number of furan rings is 1. The molecule has 0 aliphatic heterocycles. The summed E-state index contributed by atoms with van der Waals surface area (Å²) in [7, 11) is 0. The molecule has 0 N–H and O–H groups in total. The van der Waals surface area contributed by atoms with Gasteiger partial charge in [0.25, 0.3) is 0 Å². The predicted octanol–water partition coefficient (Wildman–Crippen LogP) is 12.9. The van der Waals surface area contributed by atoms with Crippen LogP contribution in [0.5, 0.6) is 0 Å². The van der Waals surface area contributed by atoms with Gasteiger partial charge in [-0.3, -0.25) is 0 Å². The van der Waals surface area contributed by atoms with Crippen LogP contribution in [0, 0.1) is 0 Å². The molecule has 0 radical (unpaired) electrons. The number of benzene rings is 8. The minimum absolute atomic E-state index is 0.0345. The zero-order valence-electron chi connectivity index (χ0n) is 32.3. The minimum atomic E-state index is -0.323. The molecule has 4 heteroatoms. The lowest BCUT2D eigenvalue weighted by Crippen LogP contribution is -2.00. The number of hydrogen-bond acceptors (Lipinski definition) is 4. The van der Waals surface area contributed by atoms with Gasteiger partial charge in [-0.05, 0) is 85.2 Å². The Morgan fingerprint density at radius 3 is 1.66 bits per heavy atom. The molecule has 8 aromatic carbocycles. The molecule has 0 bridgehead atoms. The summed E-state index contributed by atoms with van der Waals surface area (Å²) in [5, 5.41) is 4.70. The van der Waals surface area contributed by atoms with E-state index in [1.165, 1.54) is 0 Å². The molecule has 0 unspecified atom stereocenters. The maximum absolute atomic E-state index is 9.74. The summed E-state index contributed by atoms with van der Waals surface area (Å²) in [5.74, 6) is 0.979. The Hall–Kier alpha value is -7.17. The van der Waals surface area contributed by atoms with Crippen LogP contribution in [0.1, 0.15) is 5.48 Å². The Kier molecular flexibility index (Phi) is 6.46. The van der Waals surface area contributed by atoms with Gasteiger partial charge in [-0.15, -0.1) is 0 Å². The maximum atomic E-state index is 9.74. The van der Waals surface area contributed by atoms with Crippen molar-refractivity contribution in [3.63, 3.8) is 0 Å². The lowest BCUT2D eigenvalue weighted by molar-refractivity contribution is 0.625. The van der Waals surface area contributed by atoms with Gasteiger partial charge in [-0.1, -0.05) is 158 Å². The van der Waals surface area contributed by atoms with E-state index in [0.717, 1.165) is 49.2 Å². The lowest BCUT2D eigenvalue weighted by atomic mass is 9.91. The zero-order valence-corrected chi connectivity index (χ0v) is 28.3. The number of para-hydroxylation sites is 1. The summed E-state index contributed by atoms with van der Waals surface area (Å²) in [4.78, 5) is 14.8. The van der Waals surface area contributed by atoms with Crippen molar-refractivity contribution in [3.8, 4) is 67.7 Å². The molecule has 10 rings (SSSR count). The average molecular weight is 682 g/mol. The molecule has 10 aromatic rings. The largest absolute Gasteiger partial charge is 0.453 e. The first-order valence-electron chi connectivity index (χ1n) is 19.4. The van der Waals surface area contributed by atoms with E-state index in [0.29, 0.717) is 28.3 Å². The highest BCUT2D eigenvalue weighted by molar-refractivity contribution is 6.05. The van der Waals surface area contributed by atoms with Gasteiger partial charge < -0.3 is 4.42 Å². The summed E-state index contributed by atoms with van der Waals surface area (Å²) in [5.41, 5.74) is 6.33. The molecular formula is C49H31N3O. The van der Waals surface area contributed by atoms with Gasteiger partial charge in [0.1, 0.15) is 5.58 Å². The quantitative estimate of drug-likeness (QED) is 0.175. The van der Waals surface area contributed by atoms with Gasteiger partial charge in [0, 0.05) is 16.5 Å². The van der Waals surface area contributed by atoms with E-state index in [1.54, 1.807) is 0 Å². The van der Waals surface area contributed by atoms with E-state index in [4.69, 9.17) is 22.1 Å². The van der Waals surface area contributed by atoms with Crippen LogP contribution in [0.3, 0.4) is 0 Å². The molecule has 53 heavy (non-hydrogen) atoms. The van der Waals surface area contributed by atoms with Gasteiger partial charge in [0.15, 0.2) is 23.2 Å². The Bertz CT molecular complexity index is 3150. The van der Waals surface area contributed by atoms with Crippen molar-refractivity contribution in [2.24, 2.45) is 0 Å². The van der Waals surface area contributed by atoms with E-state index in [1.807, 2.05) is 121 Å². The zero-order chi connectivity index (χ0) is 38.6. The summed E-state index contributed by atoms with van der Waals surface area (Å²) < 4.78 is 43.5. The second kappa shape index (κ2) is 12.9. The third-order valence-electron chi connectivity index (χ3n) is 9.61. The highest BCUT2D eigenvalue weighted by Gasteiger charge is 2.18. The van der Waals surface area contributed by atoms with E-state index in [2.05, 4.69) is 42.5 Å². The average Bonchev–Trinajstić information content (AvgIpc) is 3.71. The second-order valence-corrected chi connectivity index (χ2v) is 12.9. The van der Waals surface area contributed by atoms with E-state index in [-0.39, 0.29) is 46.9 Å². The molecule has 0 saturated heterocycles. The van der Waals surface area contributed by atoms with E-state index >= 15 is 0 Å². The maximum Gasteiger partial charge on any atom is 0.199 e. The topological polar surface area (TPSA) is 51.8 Å². The van der Waals surface area contributed by atoms with Gasteiger partial charge >= 0.3 is 0 Å². The Morgan fingerprint density at radius 2 is 0.943 bits per heavy atom. The van der Waals surface area contributed by atoms with Gasteiger partial charge in [0.05, 0.1) is 5.48 Å². The van der Waals surface area contributed by atoms with Crippen LogP contribution in [0.15, 0.2) is 192 Å². The molecule has 0 atom stereocenters. The van der Waals surface area contributed by atoms with Crippen LogP contribution in [0.4, 0.5) is 0 Å². The number of aromatic nitrogens is 3. The first-order chi connectivity index (χ1) is 27.9. The van der Waals surface area contributed by atoms with Crippen molar-refractivity contribution >= 4 is 32.5 Å². The second-order valence-electron chi connectivity index (χ2n) is 12.9. The van der Waals surface area contributed by atoms with Gasteiger partial charge in [-0.25, -0.2) is 15.0 Å². The van der Waals surface area contributed by atoms with Crippen LogP contribution in [0.2, 0.25) is 0 Å². The molecule has 0 aliphatic carbocycles. The molecule has 2 heterocycles. The molecule has 0 spiro atoms. The van der Waals surface area contributed by atoms with Crippen molar-refractivity contribution in [2.75, 3.05) is 0 Å². The molecule has 4 nitrogen and oxygen atoms in total.